The average Bonchev–Trinajstić information content (AvgIpc) is 3.37. The molecule has 0 saturated carbocycles. The third-order valence-corrected chi connectivity index (χ3v) is 6.97. The molecular formula is C20H14F4N4O3S2. The fourth-order valence-corrected chi connectivity index (χ4v) is 5.11. The number of hydrogen-bond donors (Lipinski definition) is 1. The monoisotopic (exact) mass is 498 g/mol. The average molecular weight is 498 g/mol. The van der Waals surface area contributed by atoms with Crippen LogP contribution in [0.15, 0.2) is 39.4 Å². The fraction of sp³-hybridized carbons (Fsp3) is 0.200. The maximum Gasteiger partial charge on any atom is 0.419 e. The van der Waals surface area contributed by atoms with Gasteiger partial charge in [0.2, 0.25) is 5.91 Å². The van der Waals surface area contributed by atoms with Gasteiger partial charge in [-0.3, -0.25) is 18.7 Å². The largest absolute Gasteiger partial charge is 0.419 e. The van der Waals surface area contributed by atoms with E-state index in [1.165, 1.54) is 42.3 Å². The summed E-state index contributed by atoms with van der Waals surface area (Å²) in [6.07, 6.45) is -3.73. The number of nitrogens with zero attached hydrogens (tertiary/aromatic N) is 3. The molecule has 0 radical (unpaired) electrons. The third-order valence-electron chi connectivity index (χ3n) is 4.90. The maximum atomic E-state index is 13.5. The number of aromatic nitrogens is 3. The molecule has 4 aromatic rings. The van der Waals surface area contributed by atoms with Gasteiger partial charge in [-0.25, -0.2) is 14.2 Å². The summed E-state index contributed by atoms with van der Waals surface area (Å²) in [6.45, 7) is 0. The number of fused-ring (bicyclic) bond motifs is 1. The van der Waals surface area contributed by atoms with Gasteiger partial charge in [-0.1, -0.05) is 17.4 Å². The van der Waals surface area contributed by atoms with Crippen LogP contribution in [0.2, 0.25) is 0 Å². The molecule has 33 heavy (non-hydrogen) atoms. The van der Waals surface area contributed by atoms with Gasteiger partial charge in [0.15, 0.2) is 5.13 Å². The quantitative estimate of drug-likeness (QED) is 0.434. The zero-order chi connectivity index (χ0) is 24.1. The molecule has 3 aromatic heterocycles. The molecular weight excluding hydrogens is 484 g/mol. The standard InChI is InChI=1S/C20H14F4N4O3S2/c1-27-16(30)15-10(8-32-17(15)28(2)19(27)31)6-14(29)26-18-25-7-13(33-18)9-3-4-12(21)11(5-9)20(22,23)24/h3-5,7-8H,6H2,1-2H3,(H,25,26,29). The lowest BCUT2D eigenvalue weighted by Crippen LogP contribution is -2.36. The second-order valence-electron chi connectivity index (χ2n) is 7.09. The number of alkyl halides is 3. The van der Waals surface area contributed by atoms with Crippen molar-refractivity contribution in [2.75, 3.05) is 5.32 Å². The van der Waals surface area contributed by atoms with Crippen LogP contribution in [0.3, 0.4) is 0 Å². The van der Waals surface area contributed by atoms with E-state index in [0.717, 1.165) is 22.0 Å². The number of nitrogens with one attached hydrogen (secondary N) is 1. The first kappa shape index (κ1) is 22.9. The van der Waals surface area contributed by atoms with Gasteiger partial charge in [-0.05, 0) is 28.6 Å². The van der Waals surface area contributed by atoms with E-state index < -0.39 is 34.7 Å². The Morgan fingerprint density at radius 1 is 1.18 bits per heavy atom. The Balaban J connectivity index is 1.56. The van der Waals surface area contributed by atoms with Crippen molar-refractivity contribution in [3.63, 3.8) is 0 Å². The van der Waals surface area contributed by atoms with E-state index in [2.05, 4.69) is 10.3 Å². The maximum absolute atomic E-state index is 13.5. The molecule has 0 saturated heterocycles. The SMILES string of the molecule is Cn1c(=O)c2c(CC(=O)Nc3ncc(-c4ccc(F)c(C(F)(F)F)c4)s3)csc2n(C)c1=O. The zero-order valence-corrected chi connectivity index (χ0v) is 18.6. The van der Waals surface area contributed by atoms with Crippen molar-refractivity contribution >= 4 is 43.9 Å². The lowest BCUT2D eigenvalue weighted by atomic mass is 10.1. The van der Waals surface area contributed by atoms with Gasteiger partial charge in [0.1, 0.15) is 10.6 Å². The van der Waals surface area contributed by atoms with Crippen LogP contribution in [0.1, 0.15) is 11.1 Å². The second kappa shape index (κ2) is 8.23. The van der Waals surface area contributed by atoms with Crippen molar-refractivity contribution in [3.05, 3.63) is 67.6 Å². The van der Waals surface area contributed by atoms with Crippen LogP contribution in [-0.2, 0) is 31.5 Å². The van der Waals surface area contributed by atoms with Crippen LogP contribution in [0.25, 0.3) is 20.7 Å². The molecule has 4 rings (SSSR count). The number of carbonyl (C=O) groups is 1. The van der Waals surface area contributed by atoms with Gasteiger partial charge < -0.3 is 5.32 Å². The summed E-state index contributed by atoms with van der Waals surface area (Å²) >= 11 is 2.09. The summed E-state index contributed by atoms with van der Waals surface area (Å²) in [4.78, 5) is 41.8. The van der Waals surface area contributed by atoms with E-state index in [4.69, 9.17) is 0 Å². The number of halogens is 4. The Bertz CT molecular complexity index is 1510. The molecule has 0 unspecified atom stereocenters. The van der Waals surface area contributed by atoms with Crippen LogP contribution in [0, 0.1) is 5.82 Å². The molecule has 13 heteroatoms. The number of hydrogen-bond acceptors (Lipinski definition) is 6. The van der Waals surface area contributed by atoms with Crippen molar-refractivity contribution in [3.8, 4) is 10.4 Å². The molecule has 0 bridgehead atoms. The van der Waals surface area contributed by atoms with Crippen molar-refractivity contribution < 1.29 is 22.4 Å². The second-order valence-corrected chi connectivity index (χ2v) is 8.98. The first-order chi connectivity index (χ1) is 15.5. The zero-order valence-electron chi connectivity index (χ0n) is 17.0. The highest BCUT2D eigenvalue weighted by molar-refractivity contribution is 7.19. The molecule has 0 atom stereocenters. The molecule has 1 N–H and O–H groups in total. The molecule has 1 amide bonds. The molecule has 172 valence electrons. The normalized spacial score (nSPS) is 11.8. The Morgan fingerprint density at radius 3 is 2.61 bits per heavy atom. The molecule has 1 aromatic carbocycles. The molecule has 0 aliphatic carbocycles. The van der Waals surface area contributed by atoms with E-state index in [0.29, 0.717) is 21.3 Å². The lowest BCUT2D eigenvalue weighted by Gasteiger charge is -2.09. The number of amides is 1. The minimum absolute atomic E-state index is 0.106. The van der Waals surface area contributed by atoms with Crippen LogP contribution < -0.4 is 16.6 Å². The van der Waals surface area contributed by atoms with Gasteiger partial charge >= 0.3 is 11.9 Å². The van der Waals surface area contributed by atoms with Crippen molar-refractivity contribution in [1.29, 1.82) is 0 Å². The highest BCUT2D eigenvalue weighted by Crippen LogP contribution is 2.36. The first-order valence-corrected chi connectivity index (χ1v) is 11.0. The first-order valence-electron chi connectivity index (χ1n) is 9.26. The number of carbonyl (C=O) groups excluding carboxylic acids is 1. The number of benzene rings is 1. The Morgan fingerprint density at radius 2 is 1.91 bits per heavy atom. The molecule has 0 aliphatic rings. The van der Waals surface area contributed by atoms with Crippen molar-refractivity contribution in [2.24, 2.45) is 14.1 Å². The van der Waals surface area contributed by atoms with E-state index in [1.54, 1.807) is 5.38 Å². The van der Waals surface area contributed by atoms with E-state index in [1.807, 2.05) is 0 Å². The van der Waals surface area contributed by atoms with Gasteiger partial charge in [0.05, 0.1) is 22.2 Å². The molecule has 0 spiro atoms. The van der Waals surface area contributed by atoms with Crippen LogP contribution >= 0.6 is 22.7 Å². The van der Waals surface area contributed by atoms with Crippen LogP contribution in [0.4, 0.5) is 22.7 Å². The minimum atomic E-state index is -4.84. The van der Waals surface area contributed by atoms with Gasteiger partial charge in [0, 0.05) is 20.3 Å². The highest BCUT2D eigenvalue weighted by Gasteiger charge is 2.34. The third kappa shape index (κ3) is 4.20. The number of aryl methyl sites for hydroxylation is 1. The number of thiazole rings is 1. The molecule has 7 nitrogen and oxygen atoms in total. The van der Waals surface area contributed by atoms with Crippen molar-refractivity contribution in [1.82, 2.24) is 14.1 Å². The predicted octanol–water partition coefficient (Wildman–Crippen LogP) is 3.76. The van der Waals surface area contributed by atoms with E-state index >= 15 is 0 Å². The van der Waals surface area contributed by atoms with Gasteiger partial charge in [-0.15, -0.1) is 11.3 Å². The van der Waals surface area contributed by atoms with Crippen molar-refractivity contribution in [2.45, 2.75) is 12.6 Å². The summed E-state index contributed by atoms with van der Waals surface area (Å²) in [5.41, 5.74) is -1.83. The summed E-state index contributed by atoms with van der Waals surface area (Å²) < 4.78 is 54.7. The van der Waals surface area contributed by atoms with Crippen LogP contribution in [0.5, 0.6) is 0 Å². The van der Waals surface area contributed by atoms with E-state index in [-0.39, 0.29) is 22.5 Å². The number of rotatable bonds is 4. The number of anilines is 1. The Kier molecular flexibility index (Phi) is 5.70. The Labute approximate surface area is 190 Å². The van der Waals surface area contributed by atoms with Gasteiger partial charge in [0.25, 0.3) is 5.56 Å². The number of thiophene rings is 1. The summed E-state index contributed by atoms with van der Waals surface area (Å²) in [7, 11) is 2.88. The van der Waals surface area contributed by atoms with Gasteiger partial charge in [-0.2, -0.15) is 13.2 Å². The molecule has 3 heterocycles. The van der Waals surface area contributed by atoms with Crippen LogP contribution in [-0.4, -0.2) is 20.0 Å². The lowest BCUT2D eigenvalue weighted by molar-refractivity contribution is -0.140. The predicted molar refractivity (Wildman–Crippen MR) is 117 cm³/mol. The smallest absolute Gasteiger partial charge is 0.302 e. The van der Waals surface area contributed by atoms with E-state index in [9.17, 15) is 31.9 Å². The Hall–Kier alpha value is -3.32. The summed E-state index contributed by atoms with van der Waals surface area (Å²) in [6, 6.07) is 2.61. The fourth-order valence-electron chi connectivity index (χ4n) is 3.25. The highest BCUT2D eigenvalue weighted by atomic mass is 32.1. The summed E-state index contributed by atoms with van der Waals surface area (Å²) in [5, 5.41) is 4.57. The molecule has 0 fully saturated rings. The minimum Gasteiger partial charge on any atom is -0.302 e. The topological polar surface area (TPSA) is 86.0 Å². The molecule has 0 aliphatic heterocycles. The summed E-state index contributed by atoms with van der Waals surface area (Å²) in [5.74, 6) is -1.88.